The third-order valence-corrected chi connectivity index (χ3v) is 4.73. The number of hydrogen-bond acceptors (Lipinski definition) is 3. The zero-order chi connectivity index (χ0) is 15.0. The molecule has 111 valence electrons. The van der Waals surface area contributed by atoms with Crippen molar-refractivity contribution in [2.24, 2.45) is 0 Å². The Bertz CT molecular complexity index is 642. The van der Waals surface area contributed by atoms with Crippen LogP contribution < -0.4 is 9.47 Å². The minimum absolute atomic E-state index is 0.204. The molecule has 0 aliphatic heterocycles. The van der Waals surface area contributed by atoms with E-state index in [1.807, 2.05) is 0 Å². The van der Waals surface area contributed by atoms with Crippen LogP contribution in [0.2, 0.25) is 10.0 Å². The summed E-state index contributed by atoms with van der Waals surface area (Å²) in [5, 5.41) is 8.09. The van der Waals surface area contributed by atoms with Crippen molar-refractivity contribution in [2.75, 3.05) is 14.2 Å². The number of aryl methyl sites for hydroxylation is 1. The number of hydrogen-bond donors (Lipinski definition) is 1. The van der Waals surface area contributed by atoms with Gasteiger partial charge in [-0.05, 0) is 25.2 Å². The molecule has 0 spiro atoms. The molecule has 0 bridgehead atoms. The van der Waals surface area contributed by atoms with Crippen molar-refractivity contribution < 1.29 is 9.47 Å². The molecule has 0 saturated carbocycles. The lowest BCUT2D eigenvalue weighted by Gasteiger charge is -2.25. The molecular weight excluding hydrogens is 311 g/mol. The van der Waals surface area contributed by atoms with Crippen LogP contribution in [0, 0.1) is 6.20 Å². The Kier molecular flexibility index (Phi) is 4.00. The molecule has 1 aromatic heterocycles. The molecule has 0 fully saturated rings. The largest absolute Gasteiger partial charge is 0.495 e. The average Bonchev–Trinajstić information content (AvgIpc) is 2.95. The number of rotatable bonds is 3. The minimum Gasteiger partial charge on any atom is -0.495 e. The molecule has 6 heteroatoms. The fraction of sp³-hybridized carbons (Fsp3) is 0.400. The predicted octanol–water partition coefficient (Wildman–Crippen LogP) is 3.81. The second-order valence-electron chi connectivity index (χ2n) is 5.05. The van der Waals surface area contributed by atoms with E-state index in [0.717, 1.165) is 36.1 Å². The first-order valence-electron chi connectivity index (χ1n) is 6.69. The number of benzene rings is 1. The van der Waals surface area contributed by atoms with E-state index < -0.39 is 0 Å². The molecular formula is C15H15Cl2N2O2. The van der Waals surface area contributed by atoms with Crippen molar-refractivity contribution in [2.45, 2.75) is 25.2 Å². The highest BCUT2D eigenvalue weighted by Crippen LogP contribution is 2.46. The third-order valence-electron chi connectivity index (χ3n) is 3.96. The van der Waals surface area contributed by atoms with Gasteiger partial charge in [-0.2, -0.15) is 5.10 Å². The van der Waals surface area contributed by atoms with Crippen LogP contribution in [0.5, 0.6) is 11.5 Å². The van der Waals surface area contributed by atoms with E-state index in [1.165, 1.54) is 0 Å². The highest BCUT2D eigenvalue weighted by atomic mass is 35.5. The Morgan fingerprint density at radius 2 is 1.90 bits per heavy atom. The standard InChI is InChI=1S/C15H15Cl2N2O2/c1-20-11-6-12(21-2)15(17)13(14(11)16)8-3-4-9-7-18-19-10(9)5-8/h6,8H,3-5H2,1-2H3,(H,18,19)/t8-/m0/s1. The van der Waals surface area contributed by atoms with E-state index in [0.29, 0.717) is 21.5 Å². The van der Waals surface area contributed by atoms with Crippen LogP contribution in [0.15, 0.2) is 6.07 Å². The molecule has 21 heavy (non-hydrogen) atoms. The Labute approximate surface area is 133 Å². The van der Waals surface area contributed by atoms with E-state index >= 15 is 0 Å². The molecule has 1 radical (unpaired) electrons. The maximum absolute atomic E-state index is 6.48. The summed E-state index contributed by atoms with van der Waals surface area (Å²) in [5.41, 5.74) is 3.13. The predicted molar refractivity (Wildman–Crippen MR) is 81.8 cm³/mol. The molecule has 3 rings (SSSR count). The van der Waals surface area contributed by atoms with Crippen LogP contribution in [-0.2, 0) is 12.8 Å². The number of fused-ring (bicyclic) bond motifs is 1. The summed E-state index contributed by atoms with van der Waals surface area (Å²) in [4.78, 5) is 0. The zero-order valence-corrected chi connectivity index (χ0v) is 13.3. The molecule has 1 aliphatic carbocycles. The molecule has 0 amide bonds. The van der Waals surface area contributed by atoms with Gasteiger partial charge in [0.25, 0.3) is 0 Å². The van der Waals surface area contributed by atoms with Crippen molar-refractivity contribution in [3.05, 3.63) is 39.1 Å². The van der Waals surface area contributed by atoms with Gasteiger partial charge in [-0.25, -0.2) is 0 Å². The SMILES string of the molecule is COc1cc(OC)c(Cl)c([C@H]2CCc3[c]n[nH]c3C2)c1Cl. The smallest absolute Gasteiger partial charge is 0.141 e. The van der Waals surface area contributed by atoms with Gasteiger partial charge >= 0.3 is 0 Å². The fourth-order valence-corrected chi connectivity index (χ4v) is 3.66. The molecule has 2 aromatic rings. The lowest BCUT2D eigenvalue weighted by Crippen LogP contribution is -2.13. The van der Waals surface area contributed by atoms with Crippen molar-refractivity contribution in [1.29, 1.82) is 0 Å². The van der Waals surface area contributed by atoms with Gasteiger partial charge in [0.05, 0.1) is 24.3 Å². The van der Waals surface area contributed by atoms with E-state index in [4.69, 9.17) is 32.7 Å². The van der Waals surface area contributed by atoms with Crippen molar-refractivity contribution >= 4 is 23.2 Å². The number of H-pyrrole nitrogens is 1. The van der Waals surface area contributed by atoms with Gasteiger partial charge in [-0.1, -0.05) is 23.2 Å². The Morgan fingerprint density at radius 3 is 2.52 bits per heavy atom. The Balaban J connectivity index is 2.06. The summed E-state index contributed by atoms with van der Waals surface area (Å²) in [6, 6.07) is 1.71. The summed E-state index contributed by atoms with van der Waals surface area (Å²) in [5.74, 6) is 1.36. The molecule has 1 atom stereocenters. The summed E-state index contributed by atoms with van der Waals surface area (Å²) < 4.78 is 10.7. The number of aromatic amines is 1. The van der Waals surface area contributed by atoms with Crippen LogP contribution in [-0.4, -0.2) is 24.4 Å². The normalized spacial score (nSPS) is 17.4. The number of nitrogens with one attached hydrogen (secondary N) is 1. The Hall–Kier alpha value is -1.39. The second kappa shape index (κ2) is 5.78. The van der Waals surface area contributed by atoms with E-state index in [9.17, 15) is 0 Å². The highest BCUT2D eigenvalue weighted by Gasteiger charge is 2.28. The maximum Gasteiger partial charge on any atom is 0.141 e. The van der Waals surface area contributed by atoms with Gasteiger partial charge < -0.3 is 9.47 Å². The number of halogens is 2. The minimum atomic E-state index is 0.204. The van der Waals surface area contributed by atoms with Crippen LogP contribution in [0.3, 0.4) is 0 Å². The van der Waals surface area contributed by atoms with Gasteiger partial charge in [-0.15, -0.1) is 0 Å². The third kappa shape index (κ3) is 2.47. The van der Waals surface area contributed by atoms with Crippen LogP contribution in [0.1, 0.15) is 29.2 Å². The summed E-state index contributed by atoms with van der Waals surface area (Å²) in [6.07, 6.45) is 5.64. The molecule has 1 aromatic carbocycles. The number of methoxy groups -OCH3 is 2. The summed E-state index contributed by atoms with van der Waals surface area (Å²) >= 11 is 13.0. The monoisotopic (exact) mass is 325 g/mol. The molecule has 0 saturated heterocycles. The van der Waals surface area contributed by atoms with E-state index in [2.05, 4.69) is 16.4 Å². The number of ether oxygens (including phenoxy) is 2. The molecule has 0 unspecified atom stereocenters. The zero-order valence-electron chi connectivity index (χ0n) is 11.8. The first-order chi connectivity index (χ1) is 10.2. The lowest BCUT2D eigenvalue weighted by atomic mass is 9.83. The van der Waals surface area contributed by atoms with Crippen LogP contribution in [0.4, 0.5) is 0 Å². The molecule has 1 N–H and O–H groups in total. The van der Waals surface area contributed by atoms with E-state index in [1.54, 1.807) is 20.3 Å². The van der Waals surface area contributed by atoms with Gasteiger partial charge in [-0.3, -0.25) is 5.10 Å². The first kappa shape index (κ1) is 14.5. The van der Waals surface area contributed by atoms with E-state index in [-0.39, 0.29) is 5.92 Å². The molecule has 4 nitrogen and oxygen atoms in total. The van der Waals surface area contributed by atoms with Crippen LogP contribution >= 0.6 is 23.2 Å². The summed E-state index contributed by atoms with van der Waals surface area (Å²) in [7, 11) is 3.17. The average molecular weight is 326 g/mol. The van der Waals surface area contributed by atoms with Gasteiger partial charge in [0.2, 0.25) is 0 Å². The number of nitrogens with zero attached hydrogens (tertiary/aromatic N) is 1. The highest BCUT2D eigenvalue weighted by molar-refractivity contribution is 6.38. The second-order valence-corrected chi connectivity index (χ2v) is 5.81. The number of aromatic nitrogens is 2. The lowest BCUT2D eigenvalue weighted by molar-refractivity contribution is 0.392. The van der Waals surface area contributed by atoms with Gasteiger partial charge in [0.1, 0.15) is 17.7 Å². The van der Waals surface area contributed by atoms with Crippen molar-refractivity contribution in [1.82, 2.24) is 10.2 Å². The maximum atomic E-state index is 6.48. The van der Waals surface area contributed by atoms with Gasteiger partial charge in [0.15, 0.2) is 0 Å². The van der Waals surface area contributed by atoms with Crippen LogP contribution in [0.25, 0.3) is 0 Å². The Morgan fingerprint density at radius 1 is 1.24 bits per heavy atom. The van der Waals surface area contributed by atoms with Crippen molar-refractivity contribution in [3.63, 3.8) is 0 Å². The van der Waals surface area contributed by atoms with Crippen molar-refractivity contribution in [3.8, 4) is 11.5 Å². The molecule has 1 heterocycles. The van der Waals surface area contributed by atoms with Gasteiger partial charge in [0, 0.05) is 22.9 Å². The topological polar surface area (TPSA) is 47.1 Å². The quantitative estimate of drug-likeness (QED) is 0.933. The summed E-state index contributed by atoms with van der Waals surface area (Å²) in [6.45, 7) is 0. The molecule has 1 aliphatic rings. The first-order valence-corrected chi connectivity index (χ1v) is 7.45. The fourth-order valence-electron chi connectivity index (χ4n) is 2.85.